The summed E-state index contributed by atoms with van der Waals surface area (Å²) in [7, 11) is 1.83. The van der Waals surface area contributed by atoms with Crippen molar-refractivity contribution < 1.29 is 0 Å². The minimum Gasteiger partial charge on any atom is -0.356 e. The summed E-state index contributed by atoms with van der Waals surface area (Å²) in [6, 6.07) is 0. The first-order valence-electron chi connectivity index (χ1n) is 9.04. The second-order valence-electron chi connectivity index (χ2n) is 6.65. The lowest BCUT2D eigenvalue weighted by Crippen LogP contribution is -2.39. The van der Waals surface area contributed by atoms with Crippen LogP contribution in [-0.2, 0) is 13.0 Å². The summed E-state index contributed by atoms with van der Waals surface area (Å²) in [6.45, 7) is 7.17. The lowest BCUT2D eigenvalue weighted by molar-refractivity contribution is 0.270. The minimum absolute atomic E-state index is 0.825. The average Bonchev–Trinajstić information content (AvgIpc) is 3.01. The van der Waals surface area contributed by atoms with Gasteiger partial charge in [-0.3, -0.25) is 4.99 Å². The van der Waals surface area contributed by atoms with Gasteiger partial charge in [0.1, 0.15) is 12.2 Å². The van der Waals surface area contributed by atoms with E-state index < -0.39 is 0 Å². The van der Waals surface area contributed by atoms with E-state index >= 15 is 0 Å². The van der Waals surface area contributed by atoms with Gasteiger partial charge in [0, 0.05) is 33.1 Å². The van der Waals surface area contributed by atoms with Crippen LogP contribution in [0.1, 0.15) is 51.8 Å². The van der Waals surface area contributed by atoms with Crippen LogP contribution in [0.25, 0.3) is 0 Å². The molecule has 2 atom stereocenters. The van der Waals surface area contributed by atoms with Crippen LogP contribution in [0.5, 0.6) is 0 Å². The highest BCUT2D eigenvalue weighted by Gasteiger charge is 2.18. The molecule has 0 aromatic carbocycles. The number of nitrogens with zero attached hydrogens (tertiary/aromatic N) is 4. The molecule has 23 heavy (non-hydrogen) atoms. The van der Waals surface area contributed by atoms with Crippen molar-refractivity contribution in [2.75, 3.05) is 20.1 Å². The van der Waals surface area contributed by atoms with Gasteiger partial charge in [-0.05, 0) is 24.7 Å². The van der Waals surface area contributed by atoms with Crippen molar-refractivity contribution >= 4 is 5.96 Å². The monoisotopic (exact) mass is 320 g/mol. The fraction of sp³-hybridized carbons (Fsp3) is 0.824. The van der Waals surface area contributed by atoms with E-state index in [1.54, 1.807) is 6.33 Å². The van der Waals surface area contributed by atoms with Gasteiger partial charge in [-0.15, -0.1) is 10.2 Å². The molecule has 0 aliphatic heterocycles. The third-order valence-electron chi connectivity index (χ3n) is 4.77. The summed E-state index contributed by atoms with van der Waals surface area (Å²) in [6.07, 6.45) is 9.55. The summed E-state index contributed by atoms with van der Waals surface area (Å²) in [4.78, 5) is 4.30. The molecule has 1 saturated carbocycles. The first-order chi connectivity index (χ1) is 11.2. The Morgan fingerprint density at radius 3 is 2.91 bits per heavy atom. The molecule has 1 aliphatic rings. The first kappa shape index (κ1) is 17.8. The van der Waals surface area contributed by atoms with Crippen LogP contribution < -0.4 is 10.6 Å². The van der Waals surface area contributed by atoms with Gasteiger partial charge in [-0.2, -0.15) is 0 Å². The summed E-state index contributed by atoms with van der Waals surface area (Å²) in [5.74, 6) is 3.71. The van der Waals surface area contributed by atoms with E-state index in [-0.39, 0.29) is 0 Å². The number of rotatable bonds is 7. The second-order valence-corrected chi connectivity index (χ2v) is 6.65. The maximum absolute atomic E-state index is 4.30. The number of nitrogens with one attached hydrogen (secondary N) is 2. The van der Waals surface area contributed by atoms with Gasteiger partial charge in [-0.1, -0.05) is 33.1 Å². The molecule has 2 N–H and O–H groups in total. The molecule has 0 saturated heterocycles. The predicted molar refractivity (Wildman–Crippen MR) is 94.5 cm³/mol. The molecular formula is C17H32N6. The molecule has 6 nitrogen and oxygen atoms in total. The summed E-state index contributed by atoms with van der Waals surface area (Å²) >= 11 is 0. The van der Waals surface area contributed by atoms with Crippen LogP contribution in [0, 0.1) is 11.8 Å². The molecular weight excluding hydrogens is 288 g/mol. The SMILES string of the molecule is CCc1nncn1CCNC(=NC)NCCC1CCCC(C)C1. The van der Waals surface area contributed by atoms with E-state index in [9.17, 15) is 0 Å². The average molecular weight is 320 g/mol. The molecule has 1 aromatic heterocycles. The van der Waals surface area contributed by atoms with E-state index in [4.69, 9.17) is 0 Å². The van der Waals surface area contributed by atoms with Gasteiger partial charge in [0.25, 0.3) is 0 Å². The predicted octanol–water partition coefficient (Wildman–Crippen LogP) is 2.22. The van der Waals surface area contributed by atoms with Crippen LogP contribution in [-0.4, -0.2) is 40.9 Å². The van der Waals surface area contributed by atoms with Crippen LogP contribution in [0.15, 0.2) is 11.3 Å². The molecule has 2 unspecified atom stereocenters. The highest BCUT2D eigenvalue weighted by molar-refractivity contribution is 5.79. The zero-order chi connectivity index (χ0) is 16.5. The molecule has 2 rings (SSSR count). The number of aryl methyl sites for hydroxylation is 1. The van der Waals surface area contributed by atoms with E-state index in [0.717, 1.165) is 49.7 Å². The normalized spacial score (nSPS) is 22.1. The van der Waals surface area contributed by atoms with E-state index in [1.807, 2.05) is 7.05 Å². The smallest absolute Gasteiger partial charge is 0.191 e. The Hall–Kier alpha value is -1.59. The zero-order valence-corrected chi connectivity index (χ0v) is 14.9. The molecule has 1 aliphatic carbocycles. The van der Waals surface area contributed by atoms with Crippen LogP contribution >= 0.6 is 0 Å². The quantitative estimate of drug-likeness (QED) is 0.597. The fourth-order valence-corrected chi connectivity index (χ4v) is 3.47. The van der Waals surface area contributed by atoms with Gasteiger partial charge in [0.05, 0.1) is 0 Å². The van der Waals surface area contributed by atoms with Crippen molar-refractivity contribution in [3.8, 4) is 0 Å². The summed E-state index contributed by atoms with van der Waals surface area (Å²) in [5, 5.41) is 14.9. The molecule has 1 fully saturated rings. The molecule has 0 amide bonds. The molecule has 6 heteroatoms. The second kappa shape index (κ2) is 9.53. The van der Waals surface area contributed by atoms with E-state index in [1.165, 1.54) is 32.1 Å². The standard InChI is InChI=1S/C17H32N6/c1-4-16-22-21-13-23(16)11-10-20-17(18-3)19-9-8-15-7-5-6-14(2)12-15/h13-15H,4-12H2,1-3H3,(H2,18,19,20). The van der Waals surface area contributed by atoms with Gasteiger partial charge in [-0.25, -0.2) is 0 Å². The van der Waals surface area contributed by atoms with Gasteiger partial charge in [0.2, 0.25) is 0 Å². The van der Waals surface area contributed by atoms with Crippen molar-refractivity contribution in [2.45, 2.75) is 58.9 Å². The Balaban J connectivity index is 1.63. The molecule has 1 aromatic rings. The number of hydrogen-bond donors (Lipinski definition) is 2. The van der Waals surface area contributed by atoms with Gasteiger partial charge < -0.3 is 15.2 Å². The van der Waals surface area contributed by atoms with Gasteiger partial charge >= 0.3 is 0 Å². The molecule has 1 heterocycles. The number of aromatic nitrogens is 3. The number of aliphatic imine (C=N–C) groups is 1. The van der Waals surface area contributed by atoms with Crippen LogP contribution in [0.2, 0.25) is 0 Å². The van der Waals surface area contributed by atoms with Crippen LogP contribution in [0.4, 0.5) is 0 Å². The first-order valence-corrected chi connectivity index (χ1v) is 9.04. The van der Waals surface area contributed by atoms with Crippen molar-refractivity contribution in [1.29, 1.82) is 0 Å². The third kappa shape index (κ3) is 5.84. The maximum atomic E-state index is 4.30. The highest BCUT2D eigenvalue weighted by Crippen LogP contribution is 2.30. The van der Waals surface area contributed by atoms with Crippen molar-refractivity contribution in [1.82, 2.24) is 25.4 Å². The number of guanidine groups is 1. The summed E-state index contributed by atoms with van der Waals surface area (Å²) < 4.78 is 2.09. The summed E-state index contributed by atoms with van der Waals surface area (Å²) in [5.41, 5.74) is 0. The zero-order valence-electron chi connectivity index (χ0n) is 14.9. The third-order valence-corrected chi connectivity index (χ3v) is 4.77. The molecule has 0 radical (unpaired) electrons. The largest absolute Gasteiger partial charge is 0.356 e. The van der Waals surface area contributed by atoms with Crippen molar-refractivity contribution in [3.05, 3.63) is 12.2 Å². The topological polar surface area (TPSA) is 67.1 Å². The Bertz CT molecular complexity index is 481. The molecule has 0 bridgehead atoms. The van der Waals surface area contributed by atoms with Crippen LogP contribution in [0.3, 0.4) is 0 Å². The number of hydrogen-bond acceptors (Lipinski definition) is 3. The Morgan fingerprint density at radius 2 is 2.17 bits per heavy atom. The Labute approximate surface area is 140 Å². The van der Waals surface area contributed by atoms with Crippen molar-refractivity contribution in [3.63, 3.8) is 0 Å². The lowest BCUT2D eigenvalue weighted by atomic mass is 9.81. The Kier molecular flexibility index (Phi) is 7.36. The minimum atomic E-state index is 0.825. The Morgan fingerprint density at radius 1 is 1.35 bits per heavy atom. The molecule has 130 valence electrons. The fourth-order valence-electron chi connectivity index (χ4n) is 3.47. The van der Waals surface area contributed by atoms with Crippen molar-refractivity contribution in [2.24, 2.45) is 16.8 Å². The van der Waals surface area contributed by atoms with Gasteiger partial charge in [0.15, 0.2) is 5.96 Å². The van der Waals surface area contributed by atoms with E-state index in [2.05, 4.69) is 44.2 Å². The highest BCUT2D eigenvalue weighted by atomic mass is 15.3. The molecule has 0 spiro atoms. The van der Waals surface area contributed by atoms with E-state index in [0.29, 0.717) is 0 Å². The maximum Gasteiger partial charge on any atom is 0.191 e. The lowest BCUT2D eigenvalue weighted by Gasteiger charge is -2.26.